The summed E-state index contributed by atoms with van der Waals surface area (Å²) in [6.07, 6.45) is 1.93. The molecule has 0 atom stereocenters. The number of para-hydroxylation sites is 1. The second-order valence-electron chi connectivity index (χ2n) is 6.38. The van der Waals surface area contributed by atoms with E-state index in [0.29, 0.717) is 23.7 Å². The molecule has 2 aromatic carbocycles. The van der Waals surface area contributed by atoms with E-state index in [0.717, 1.165) is 16.2 Å². The lowest BCUT2D eigenvalue weighted by Crippen LogP contribution is -2.33. The maximum Gasteiger partial charge on any atom is 0.232 e. The molecule has 0 saturated carbocycles. The van der Waals surface area contributed by atoms with Crippen molar-refractivity contribution in [3.8, 4) is 0 Å². The number of benzene rings is 2. The number of sulfonamides is 1. The van der Waals surface area contributed by atoms with Gasteiger partial charge in [-0.15, -0.1) is 11.8 Å². The fraction of sp³-hybridized carbons (Fsp3) is 0.350. The van der Waals surface area contributed by atoms with Gasteiger partial charge in [-0.3, -0.25) is 9.10 Å². The molecule has 1 N–H and O–H groups in total. The maximum atomic E-state index is 12.1. The van der Waals surface area contributed by atoms with Crippen LogP contribution in [0.2, 0.25) is 5.02 Å². The lowest BCUT2D eigenvalue weighted by Gasteiger charge is -2.24. The summed E-state index contributed by atoms with van der Waals surface area (Å²) in [6, 6.07) is 14.9. The smallest absolute Gasteiger partial charge is 0.232 e. The fourth-order valence-electron chi connectivity index (χ4n) is 2.67. The highest BCUT2D eigenvalue weighted by Gasteiger charge is 2.18. The number of hydrogen-bond acceptors (Lipinski definition) is 4. The molecule has 0 aliphatic carbocycles. The van der Waals surface area contributed by atoms with E-state index in [9.17, 15) is 13.2 Å². The number of nitrogens with one attached hydrogen (secondary N) is 1. The summed E-state index contributed by atoms with van der Waals surface area (Å²) < 4.78 is 25.6. The average Bonchev–Trinajstić information content (AvgIpc) is 2.64. The minimum absolute atomic E-state index is 0.0741. The molecule has 8 heteroatoms. The monoisotopic (exact) mass is 440 g/mol. The van der Waals surface area contributed by atoms with E-state index in [2.05, 4.69) is 5.32 Å². The number of rotatable bonds is 10. The van der Waals surface area contributed by atoms with Crippen molar-refractivity contribution in [2.24, 2.45) is 0 Å². The van der Waals surface area contributed by atoms with Crippen LogP contribution in [0.25, 0.3) is 0 Å². The number of anilines is 1. The molecule has 0 radical (unpaired) electrons. The molecule has 0 spiro atoms. The molecule has 152 valence electrons. The molecule has 2 rings (SSSR count). The first kappa shape index (κ1) is 22.6. The van der Waals surface area contributed by atoms with Crippen LogP contribution in [0.4, 0.5) is 5.69 Å². The molecule has 5 nitrogen and oxygen atoms in total. The van der Waals surface area contributed by atoms with Gasteiger partial charge < -0.3 is 5.32 Å². The number of aryl methyl sites for hydroxylation is 1. The minimum Gasteiger partial charge on any atom is -0.355 e. The lowest BCUT2D eigenvalue weighted by molar-refractivity contribution is -0.121. The number of amides is 1. The van der Waals surface area contributed by atoms with Gasteiger partial charge >= 0.3 is 0 Å². The number of thioether (sulfide) groups is 1. The van der Waals surface area contributed by atoms with Crippen molar-refractivity contribution in [3.05, 3.63) is 59.1 Å². The number of halogens is 1. The van der Waals surface area contributed by atoms with E-state index in [4.69, 9.17) is 11.6 Å². The van der Waals surface area contributed by atoms with Gasteiger partial charge in [-0.1, -0.05) is 29.8 Å². The summed E-state index contributed by atoms with van der Waals surface area (Å²) >= 11 is 7.49. The van der Waals surface area contributed by atoms with E-state index < -0.39 is 10.0 Å². The van der Waals surface area contributed by atoms with Gasteiger partial charge in [-0.25, -0.2) is 8.42 Å². The van der Waals surface area contributed by atoms with Crippen molar-refractivity contribution in [2.45, 2.75) is 24.7 Å². The van der Waals surface area contributed by atoms with Crippen LogP contribution >= 0.6 is 23.4 Å². The summed E-state index contributed by atoms with van der Waals surface area (Å²) in [5.41, 5.74) is 1.54. The van der Waals surface area contributed by atoms with Crippen LogP contribution in [0.1, 0.15) is 18.4 Å². The zero-order chi connectivity index (χ0) is 20.6. The van der Waals surface area contributed by atoms with Gasteiger partial charge in [0.05, 0.1) is 11.9 Å². The summed E-state index contributed by atoms with van der Waals surface area (Å²) in [6.45, 7) is 2.70. The molecule has 0 heterocycles. The number of carbonyl (C=O) groups excluding carboxylic acids is 1. The summed E-state index contributed by atoms with van der Waals surface area (Å²) in [4.78, 5) is 13.1. The predicted octanol–water partition coefficient (Wildman–Crippen LogP) is 4.10. The third-order valence-corrected chi connectivity index (χ3v) is 6.50. The van der Waals surface area contributed by atoms with E-state index in [1.807, 2.05) is 49.4 Å². The summed E-state index contributed by atoms with van der Waals surface area (Å²) in [5, 5.41) is 3.57. The number of nitrogens with zero attached hydrogens (tertiary/aromatic N) is 1. The Morgan fingerprint density at radius 1 is 1.14 bits per heavy atom. The van der Waals surface area contributed by atoms with Crippen molar-refractivity contribution in [2.75, 3.05) is 29.4 Å². The van der Waals surface area contributed by atoms with Crippen LogP contribution in [0.5, 0.6) is 0 Å². The van der Waals surface area contributed by atoms with Crippen LogP contribution in [0, 0.1) is 6.92 Å². The van der Waals surface area contributed by atoms with Crippen LogP contribution in [0.15, 0.2) is 53.4 Å². The molecule has 0 bridgehead atoms. The number of carbonyl (C=O) groups is 1. The molecular weight excluding hydrogens is 416 g/mol. The SMILES string of the molecule is Cc1ccccc1N(CCCC(=O)NCCSc1ccc(Cl)cc1)S(C)(=O)=O. The molecule has 0 unspecified atom stereocenters. The topological polar surface area (TPSA) is 66.5 Å². The van der Waals surface area contributed by atoms with Crippen LogP contribution < -0.4 is 9.62 Å². The maximum absolute atomic E-state index is 12.1. The Balaban J connectivity index is 1.75. The molecule has 0 saturated heterocycles. The summed E-state index contributed by atoms with van der Waals surface area (Å²) in [7, 11) is -3.40. The Kier molecular flexibility index (Phi) is 8.66. The van der Waals surface area contributed by atoms with Crippen molar-refractivity contribution < 1.29 is 13.2 Å². The molecular formula is C20H25ClN2O3S2. The van der Waals surface area contributed by atoms with Crippen LogP contribution in [-0.4, -0.2) is 39.4 Å². The second-order valence-corrected chi connectivity index (χ2v) is 9.89. The predicted molar refractivity (Wildman–Crippen MR) is 118 cm³/mol. The first-order valence-corrected chi connectivity index (χ1v) is 12.2. The Labute approximate surface area is 176 Å². The molecule has 2 aromatic rings. The van der Waals surface area contributed by atoms with Gasteiger partial charge in [0, 0.05) is 35.2 Å². The average molecular weight is 441 g/mol. The zero-order valence-electron chi connectivity index (χ0n) is 16.0. The Morgan fingerprint density at radius 3 is 2.46 bits per heavy atom. The molecule has 0 fully saturated rings. The van der Waals surface area contributed by atoms with E-state index >= 15 is 0 Å². The largest absolute Gasteiger partial charge is 0.355 e. The fourth-order valence-corrected chi connectivity index (χ4v) is 4.59. The molecule has 28 heavy (non-hydrogen) atoms. The second kappa shape index (κ2) is 10.7. The first-order chi connectivity index (χ1) is 13.3. The standard InChI is InChI=1S/C20H25ClN2O3S2/c1-16-6-3-4-7-19(16)23(28(2,25)26)14-5-8-20(24)22-13-15-27-18-11-9-17(21)10-12-18/h3-4,6-7,9-12H,5,8,13-15H2,1-2H3,(H,22,24). The van der Waals surface area contributed by atoms with Crippen molar-refractivity contribution in [1.82, 2.24) is 5.32 Å². The molecule has 0 aliphatic rings. The van der Waals surface area contributed by atoms with Gasteiger partial charge in [-0.2, -0.15) is 0 Å². The quantitative estimate of drug-likeness (QED) is 0.446. The molecule has 1 amide bonds. The third-order valence-electron chi connectivity index (χ3n) is 4.06. The first-order valence-electron chi connectivity index (χ1n) is 8.96. The summed E-state index contributed by atoms with van der Waals surface area (Å²) in [5.74, 6) is 0.682. The third kappa shape index (κ3) is 7.37. The van der Waals surface area contributed by atoms with Crippen molar-refractivity contribution in [3.63, 3.8) is 0 Å². The van der Waals surface area contributed by atoms with Gasteiger partial charge in [0.1, 0.15) is 0 Å². The highest BCUT2D eigenvalue weighted by Crippen LogP contribution is 2.22. The highest BCUT2D eigenvalue weighted by molar-refractivity contribution is 7.99. The number of hydrogen-bond donors (Lipinski definition) is 1. The van der Waals surface area contributed by atoms with E-state index in [1.165, 1.54) is 10.6 Å². The Morgan fingerprint density at radius 2 is 1.82 bits per heavy atom. The molecule has 0 aliphatic heterocycles. The molecule has 0 aromatic heterocycles. The van der Waals surface area contributed by atoms with Gasteiger partial charge in [-0.05, 0) is 49.2 Å². The normalized spacial score (nSPS) is 11.2. The minimum atomic E-state index is -3.40. The van der Waals surface area contributed by atoms with Crippen LogP contribution in [0.3, 0.4) is 0 Å². The van der Waals surface area contributed by atoms with E-state index in [1.54, 1.807) is 17.8 Å². The van der Waals surface area contributed by atoms with Crippen molar-refractivity contribution >= 4 is 45.0 Å². The van der Waals surface area contributed by atoms with Gasteiger partial charge in [0.25, 0.3) is 0 Å². The van der Waals surface area contributed by atoms with Crippen LogP contribution in [-0.2, 0) is 14.8 Å². The highest BCUT2D eigenvalue weighted by atomic mass is 35.5. The van der Waals surface area contributed by atoms with Gasteiger partial charge in [0.15, 0.2) is 0 Å². The Hall–Kier alpha value is -1.70. The van der Waals surface area contributed by atoms with E-state index in [-0.39, 0.29) is 18.9 Å². The van der Waals surface area contributed by atoms with Crippen molar-refractivity contribution in [1.29, 1.82) is 0 Å². The lowest BCUT2D eigenvalue weighted by atomic mass is 10.2. The zero-order valence-corrected chi connectivity index (χ0v) is 18.4. The Bertz CT molecular complexity index is 887. The van der Waals surface area contributed by atoms with Gasteiger partial charge in [0.2, 0.25) is 15.9 Å².